The zero-order chi connectivity index (χ0) is 16.4. The van der Waals surface area contributed by atoms with E-state index in [1.54, 1.807) is 34.4 Å². The second-order valence-corrected chi connectivity index (χ2v) is 6.67. The van der Waals surface area contributed by atoms with Crippen molar-refractivity contribution in [3.8, 4) is 11.3 Å². The summed E-state index contributed by atoms with van der Waals surface area (Å²) in [6, 6.07) is 7.55. The quantitative estimate of drug-likeness (QED) is 0.734. The first kappa shape index (κ1) is 15.1. The number of hydrogen-bond acceptors (Lipinski definition) is 5. The van der Waals surface area contributed by atoms with Gasteiger partial charge in [-0.25, -0.2) is 4.98 Å². The Kier molecular flexibility index (Phi) is 4.13. The molecule has 24 heavy (non-hydrogen) atoms. The van der Waals surface area contributed by atoms with E-state index in [1.807, 2.05) is 12.1 Å². The molecule has 5 nitrogen and oxygen atoms in total. The lowest BCUT2D eigenvalue weighted by atomic mass is 10.2. The van der Waals surface area contributed by atoms with Gasteiger partial charge in [-0.2, -0.15) is 11.3 Å². The zero-order valence-electron chi connectivity index (χ0n) is 13.3. The van der Waals surface area contributed by atoms with Gasteiger partial charge in [-0.3, -0.25) is 14.3 Å². The molecule has 0 saturated carbocycles. The summed E-state index contributed by atoms with van der Waals surface area (Å²) in [7, 11) is 0. The highest BCUT2D eigenvalue weighted by Gasteiger charge is 2.20. The Morgan fingerprint density at radius 3 is 2.83 bits per heavy atom. The summed E-state index contributed by atoms with van der Waals surface area (Å²) in [4.78, 5) is 23.6. The van der Waals surface area contributed by atoms with Crippen LogP contribution in [0.3, 0.4) is 0 Å². The molecule has 4 rings (SSSR count). The molecule has 1 aliphatic heterocycles. The first-order valence-electron chi connectivity index (χ1n) is 8.09. The number of fused-ring (bicyclic) bond motifs is 1. The molecule has 6 heteroatoms. The number of rotatable bonds is 4. The molecule has 0 amide bonds. The molecule has 0 fully saturated rings. The number of pyridine rings is 1. The highest BCUT2D eigenvalue weighted by molar-refractivity contribution is 7.07. The maximum atomic E-state index is 12.5. The van der Waals surface area contributed by atoms with Gasteiger partial charge in [0, 0.05) is 43.7 Å². The van der Waals surface area contributed by atoms with Crippen molar-refractivity contribution in [1.29, 1.82) is 0 Å². The van der Waals surface area contributed by atoms with Gasteiger partial charge in [-0.15, -0.1) is 0 Å². The van der Waals surface area contributed by atoms with E-state index in [-0.39, 0.29) is 5.56 Å². The van der Waals surface area contributed by atoms with E-state index in [2.05, 4.69) is 26.7 Å². The van der Waals surface area contributed by atoms with Gasteiger partial charge in [-0.1, -0.05) is 0 Å². The van der Waals surface area contributed by atoms with Crippen LogP contribution >= 0.6 is 11.3 Å². The summed E-state index contributed by atoms with van der Waals surface area (Å²) in [6.45, 7) is 2.56. The first-order valence-corrected chi connectivity index (χ1v) is 9.04. The molecule has 0 atom stereocenters. The van der Waals surface area contributed by atoms with Gasteiger partial charge >= 0.3 is 0 Å². The van der Waals surface area contributed by atoms with Crippen molar-refractivity contribution in [2.75, 3.05) is 18.0 Å². The molecule has 0 bridgehead atoms. The molecule has 122 valence electrons. The Bertz CT molecular complexity index is 874. The van der Waals surface area contributed by atoms with Crippen molar-refractivity contribution in [3.05, 3.63) is 63.3 Å². The number of hydrogen-bond donors (Lipinski definition) is 0. The summed E-state index contributed by atoms with van der Waals surface area (Å²) in [5.41, 5.74) is 3.00. The lowest BCUT2D eigenvalue weighted by Crippen LogP contribution is -2.39. The maximum Gasteiger partial charge on any atom is 0.255 e. The standard InChI is InChI=1S/C18H18N4OS/c23-17-12-16(15-2-6-19-7-3-15)20-18-21(8-1-9-22(17)18)10-4-14-5-11-24-13-14/h2-3,5-7,11-13H,1,4,8-10H2. The van der Waals surface area contributed by atoms with Crippen LogP contribution in [0.1, 0.15) is 12.0 Å². The van der Waals surface area contributed by atoms with E-state index in [1.165, 1.54) is 5.56 Å². The van der Waals surface area contributed by atoms with E-state index >= 15 is 0 Å². The Morgan fingerprint density at radius 2 is 2.04 bits per heavy atom. The molecule has 0 aliphatic carbocycles. The monoisotopic (exact) mass is 338 g/mol. The van der Waals surface area contributed by atoms with Crippen LogP contribution in [0, 0.1) is 0 Å². The molecular formula is C18H18N4OS. The van der Waals surface area contributed by atoms with Crippen LogP contribution in [0.25, 0.3) is 11.3 Å². The Hall–Kier alpha value is -2.47. The van der Waals surface area contributed by atoms with Gasteiger partial charge in [0.1, 0.15) is 0 Å². The number of anilines is 1. The fraction of sp³-hybridized carbons (Fsp3) is 0.278. The predicted molar refractivity (Wildman–Crippen MR) is 96.6 cm³/mol. The average Bonchev–Trinajstić information content (AvgIpc) is 3.14. The van der Waals surface area contributed by atoms with E-state index in [9.17, 15) is 4.79 Å². The molecule has 0 aromatic carbocycles. The molecule has 0 spiro atoms. The lowest BCUT2D eigenvalue weighted by molar-refractivity contribution is 0.532. The van der Waals surface area contributed by atoms with E-state index in [0.29, 0.717) is 0 Å². The van der Waals surface area contributed by atoms with E-state index in [0.717, 1.165) is 49.7 Å². The van der Waals surface area contributed by atoms with Crippen LogP contribution in [0.4, 0.5) is 5.95 Å². The van der Waals surface area contributed by atoms with Crippen LogP contribution in [-0.2, 0) is 13.0 Å². The minimum absolute atomic E-state index is 0.0204. The molecule has 0 N–H and O–H groups in total. The molecular weight excluding hydrogens is 320 g/mol. The fourth-order valence-corrected chi connectivity index (χ4v) is 3.75. The molecule has 0 unspecified atom stereocenters. The third-order valence-corrected chi connectivity index (χ3v) is 5.04. The van der Waals surface area contributed by atoms with Gasteiger partial charge in [0.15, 0.2) is 0 Å². The van der Waals surface area contributed by atoms with Gasteiger partial charge < -0.3 is 4.90 Å². The largest absolute Gasteiger partial charge is 0.342 e. The second kappa shape index (κ2) is 6.57. The Balaban J connectivity index is 1.67. The second-order valence-electron chi connectivity index (χ2n) is 5.89. The minimum atomic E-state index is 0.0204. The maximum absolute atomic E-state index is 12.5. The third-order valence-electron chi connectivity index (χ3n) is 4.31. The summed E-state index contributed by atoms with van der Waals surface area (Å²) in [5.74, 6) is 0.788. The molecule has 0 saturated heterocycles. The number of thiophene rings is 1. The molecule has 4 heterocycles. The van der Waals surface area contributed by atoms with Crippen molar-refractivity contribution in [2.24, 2.45) is 0 Å². The summed E-state index contributed by atoms with van der Waals surface area (Å²) in [5, 5.41) is 4.28. The highest BCUT2D eigenvalue weighted by atomic mass is 32.1. The van der Waals surface area contributed by atoms with Crippen molar-refractivity contribution in [2.45, 2.75) is 19.4 Å². The van der Waals surface area contributed by atoms with Crippen molar-refractivity contribution in [1.82, 2.24) is 14.5 Å². The van der Waals surface area contributed by atoms with Crippen molar-refractivity contribution < 1.29 is 0 Å². The SMILES string of the molecule is O=c1cc(-c2ccncc2)nc2n1CCCN2CCc1ccsc1. The Morgan fingerprint density at radius 1 is 1.17 bits per heavy atom. The fourth-order valence-electron chi connectivity index (χ4n) is 3.05. The van der Waals surface area contributed by atoms with Gasteiger partial charge in [-0.05, 0) is 47.4 Å². The first-order chi connectivity index (χ1) is 11.8. The summed E-state index contributed by atoms with van der Waals surface area (Å²) >= 11 is 1.72. The summed E-state index contributed by atoms with van der Waals surface area (Å²) < 4.78 is 1.79. The Labute approximate surface area is 144 Å². The molecule has 1 aliphatic rings. The van der Waals surface area contributed by atoms with Crippen LogP contribution in [-0.4, -0.2) is 27.6 Å². The van der Waals surface area contributed by atoms with Gasteiger partial charge in [0.05, 0.1) is 5.69 Å². The summed E-state index contributed by atoms with van der Waals surface area (Å²) in [6.07, 6.45) is 5.40. The highest BCUT2D eigenvalue weighted by Crippen LogP contribution is 2.22. The van der Waals surface area contributed by atoms with E-state index < -0.39 is 0 Å². The number of aromatic nitrogens is 3. The minimum Gasteiger partial charge on any atom is -0.342 e. The van der Waals surface area contributed by atoms with Crippen molar-refractivity contribution in [3.63, 3.8) is 0 Å². The lowest BCUT2D eigenvalue weighted by Gasteiger charge is -2.31. The average molecular weight is 338 g/mol. The van der Waals surface area contributed by atoms with Crippen molar-refractivity contribution >= 4 is 17.3 Å². The topological polar surface area (TPSA) is 51.0 Å². The van der Waals surface area contributed by atoms with Crippen LogP contribution in [0.5, 0.6) is 0 Å². The zero-order valence-corrected chi connectivity index (χ0v) is 14.1. The van der Waals surface area contributed by atoms with E-state index in [4.69, 9.17) is 4.98 Å². The third kappa shape index (κ3) is 2.97. The smallest absolute Gasteiger partial charge is 0.255 e. The predicted octanol–water partition coefficient (Wildman–Crippen LogP) is 2.82. The molecule has 0 radical (unpaired) electrons. The normalized spacial score (nSPS) is 13.8. The molecule has 3 aromatic rings. The number of nitrogens with zero attached hydrogens (tertiary/aromatic N) is 4. The van der Waals surface area contributed by atoms with Crippen LogP contribution in [0.2, 0.25) is 0 Å². The molecule has 3 aromatic heterocycles. The van der Waals surface area contributed by atoms with Crippen LogP contribution in [0.15, 0.2) is 52.2 Å². The van der Waals surface area contributed by atoms with Gasteiger partial charge in [0.2, 0.25) is 5.95 Å². The van der Waals surface area contributed by atoms with Crippen LogP contribution < -0.4 is 10.5 Å². The van der Waals surface area contributed by atoms with Gasteiger partial charge in [0.25, 0.3) is 5.56 Å².